The van der Waals surface area contributed by atoms with Crippen LogP contribution in [0.25, 0.3) is 75.8 Å². The number of rotatable bonds is 8. The minimum absolute atomic E-state index is 1.10. The lowest BCUT2D eigenvalue weighted by Gasteiger charge is -2.26. The van der Waals surface area contributed by atoms with Crippen LogP contribution >= 0.6 is 11.3 Å². The fourth-order valence-corrected chi connectivity index (χ4v) is 9.07. The van der Waals surface area contributed by atoms with Gasteiger partial charge < -0.3 is 4.90 Å². The first-order chi connectivity index (χ1) is 27.7. The van der Waals surface area contributed by atoms with Crippen LogP contribution in [0.5, 0.6) is 0 Å². The van der Waals surface area contributed by atoms with Gasteiger partial charge in [-0.15, -0.1) is 11.3 Å². The van der Waals surface area contributed by atoms with Gasteiger partial charge in [-0.05, 0) is 110 Å². The van der Waals surface area contributed by atoms with Crippen LogP contribution in [0.2, 0.25) is 0 Å². The number of anilines is 3. The summed E-state index contributed by atoms with van der Waals surface area (Å²) in [6.45, 7) is 0. The van der Waals surface area contributed by atoms with Crippen molar-refractivity contribution in [2.75, 3.05) is 4.90 Å². The summed E-state index contributed by atoms with van der Waals surface area (Å²) in [5, 5.41) is 2.64. The highest BCUT2D eigenvalue weighted by Gasteiger charge is 2.16. The van der Waals surface area contributed by atoms with E-state index in [1.165, 1.54) is 75.8 Å². The minimum atomic E-state index is 1.10. The predicted octanol–water partition coefficient (Wildman–Crippen LogP) is 15.9. The number of hydrogen-bond donors (Lipinski definition) is 0. The van der Waals surface area contributed by atoms with Gasteiger partial charge in [0.1, 0.15) is 0 Å². The van der Waals surface area contributed by atoms with E-state index in [9.17, 15) is 0 Å². The molecule has 1 aromatic heterocycles. The Labute approximate surface area is 332 Å². The molecule has 1 heterocycles. The molecule has 0 aliphatic carbocycles. The van der Waals surface area contributed by atoms with E-state index < -0.39 is 0 Å². The molecular formula is C54H37NS. The highest BCUT2D eigenvalue weighted by molar-refractivity contribution is 7.26. The quantitative estimate of drug-likeness (QED) is 0.150. The normalized spacial score (nSPS) is 11.2. The van der Waals surface area contributed by atoms with E-state index >= 15 is 0 Å². The van der Waals surface area contributed by atoms with Crippen molar-refractivity contribution < 1.29 is 0 Å². The molecule has 0 amide bonds. The maximum Gasteiger partial charge on any atom is 0.0462 e. The van der Waals surface area contributed by atoms with Crippen molar-refractivity contribution in [2.45, 2.75) is 0 Å². The zero-order valence-corrected chi connectivity index (χ0v) is 31.5. The van der Waals surface area contributed by atoms with Gasteiger partial charge in [-0.1, -0.05) is 170 Å². The molecule has 0 aliphatic heterocycles. The molecule has 2 heteroatoms. The van der Waals surface area contributed by atoms with Crippen LogP contribution in [-0.4, -0.2) is 0 Å². The first-order valence-corrected chi connectivity index (χ1v) is 19.9. The zero-order chi connectivity index (χ0) is 37.3. The number of hydrogen-bond acceptors (Lipinski definition) is 2. The van der Waals surface area contributed by atoms with E-state index in [4.69, 9.17) is 0 Å². The summed E-state index contributed by atoms with van der Waals surface area (Å²) >= 11 is 1.87. The summed E-state index contributed by atoms with van der Waals surface area (Å²) in [6.07, 6.45) is 0. The maximum absolute atomic E-state index is 2.36. The van der Waals surface area contributed by atoms with E-state index in [0.29, 0.717) is 0 Å². The van der Waals surface area contributed by atoms with Crippen LogP contribution in [0.3, 0.4) is 0 Å². The van der Waals surface area contributed by atoms with Crippen LogP contribution in [0.15, 0.2) is 224 Å². The third kappa shape index (κ3) is 6.47. The monoisotopic (exact) mass is 731 g/mol. The smallest absolute Gasteiger partial charge is 0.0462 e. The van der Waals surface area contributed by atoms with Crippen molar-refractivity contribution >= 4 is 48.6 Å². The highest BCUT2D eigenvalue weighted by atomic mass is 32.1. The molecule has 1 nitrogen and oxygen atoms in total. The Hall–Kier alpha value is -7.00. The number of fused-ring (bicyclic) bond motifs is 3. The van der Waals surface area contributed by atoms with Gasteiger partial charge in [-0.2, -0.15) is 0 Å². The topological polar surface area (TPSA) is 3.24 Å². The summed E-state index contributed by atoms with van der Waals surface area (Å²) in [5.41, 5.74) is 15.4. The van der Waals surface area contributed by atoms with Crippen LogP contribution in [0, 0.1) is 0 Å². The standard InChI is InChI=1S/C54H37NS/c1-3-12-38(13-4-1)43-16-9-18-45(36-43)40-24-30-47(31-25-40)55(48-32-26-41(27-33-48)46-19-10-17-44(37-46)39-14-5-2-6-15-39)49-34-28-42(29-35-49)50-21-11-22-52-51-20-7-8-23-53(51)56-54(50)52/h1-37H. The van der Waals surface area contributed by atoms with Gasteiger partial charge in [-0.3, -0.25) is 0 Å². The summed E-state index contributed by atoms with van der Waals surface area (Å²) in [4.78, 5) is 2.36. The molecule has 10 rings (SSSR count). The lowest BCUT2D eigenvalue weighted by molar-refractivity contribution is 1.28. The Morgan fingerprint density at radius 3 is 1.14 bits per heavy atom. The van der Waals surface area contributed by atoms with Crippen LogP contribution in [-0.2, 0) is 0 Å². The molecule has 0 fully saturated rings. The SMILES string of the molecule is c1ccc(-c2cccc(-c3ccc(N(c4ccc(-c5cccc(-c6ccccc6)c5)cc4)c4ccc(-c5cccc6c5sc5ccccc56)cc4)cc3)c2)cc1. The van der Waals surface area contributed by atoms with Gasteiger partial charge >= 0.3 is 0 Å². The molecule has 10 aromatic rings. The maximum atomic E-state index is 2.36. The lowest BCUT2D eigenvalue weighted by atomic mass is 9.98. The number of nitrogens with zero attached hydrogens (tertiary/aromatic N) is 1. The summed E-state index contributed by atoms with van der Waals surface area (Å²) in [7, 11) is 0. The van der Waals surface area contributed by atoms with E-state index in [2.05, 4.69) is 229 Å². The second-order valence-electron chi connectivity index (χ2n) is 14.2. The van der Waals surface area contributed by atoms with Crippen molar-refractivity contribution in [3.05, 3.63) is 224 Å². The number of benzene rings is 9. The second-order valence-corrected chi connectivity index (χ2v) is 15.2. The average molecular weight is 732 g/mol. The van der Waals surface area contributed by atoms with Crippen molar-refractivity contribution in [3.63, 3.8) is 0 Å². The molecule has 0 unspecified atom stereocenters. The molecule has 56 heavy (non-hydrogen) atoms. The van der Waals surface area contributed by atoms with Gasteiger partial charge in [0.15, 0.2) is 0 Å². The molecule has 0 N–H and O–H groups in total. The molecule has 0 spiro atoms. The van der Waals surface area contributed by atoms with E-state index in [-0.39, 0.29) is 0 Å². The van der Waals surface area contributed by atoms with E-state index in [1.807, 2.05) is 11.3 Å². The van der Waals surface area contributed by atoms with Gasteiger partial charge in [0.25, 0.3) is 0 Å². The molecule has 0 saturated carbocycles. The first kappa shape index (κ1) is 33.6. The average Bonchev–Trinajstić information content (AvgIpc) is 3.67. The van der Waals surface area contributed by atoms with Crippen molar-refractivity contribution in [2.24, 2.45) is 0 Å². The first-order valence-electron chi connectivity index (χ1n) is 19.1. The van der Waals surface area contributed by atoms with E-state index in [0.717, 1.165) is 17.1 Å². The minimum Gasteiger partial charge on any atom is -0.311 e. The molecule has 0 aliphatic rings. The third-order valence-electron chi connectivity index (χ3n) is 10.7. The van der Waals surface area contributed by atoms with Crippen molar-refractivity contribution in [1.82, 2.24) is 0 Å². The van der Waals surface area contributed by atoms with Crippen LogP contribution in [0.4, 0.5) is 17.1 Å². The Bertz CT molecular complexity index is 2800. The van der Waals surface area contributed by atoms with Gasteiger partial charge in [0.05, 0.1) is 0 Å². The summed E-state index contributed by atoms with van der Waals surface area (Å²) in [6, 6.07) is 81.2. The van der Waals surface area contributed by atoms with Gasteiger partial charge in [0, 0.05) is 37.2 Å². The van der Waals surface area contributed by atoms with Gasteiger partial charge in [0.2, 0.25) is 0 Å². The zero-order valence-electron chi connectivity index (χ0n) is 30.7. The summed E-state index contributed by atoms with van der Waals surface area (Å²) in [5.74, 6) is 0. The van der Waals surface area contributed by atoms with Crippen LogP contribution in [0.1, 0.15) is 0 Å². The fourth-order valence-electron chi connectivity index (χ4n) is 7.84. The largest absolute Gasteiger partial charge is 0.311 e. The third-order valence-corrected chi connectivity index (χ3v) is 11.9. The number of thiophene rings is 1. The van der Waals surface area contributed by atoms with E-state index in [1.54, 1.807) is 0 Å². The molecular weight excluding hydrogens is 695 g/mol. The summed E-state index contributed by atoms with van der Waals surface area (Å²) < 4.78 is 2.65. The lowest BCUT2D eigenvalue weighted by Crippen LogP contribution is -2.09. The molecule has 264 valence electrons. The predicted molar refractivity (Wildman–Crippen MR) is 241 cm³/mol. The Balaban J connectivity index is 1.02. The van der Waals surface area contributed by atoms with Crippen molar-refractivity contribution in [3.8, 4) is 55.6 Å². The fraction of sp³-hybridized carbons (Fsp3) is 0. The molecule has 0 radical (unpaired) electrons. The molecule has 0 saturated heterocycles. The molecule has 9 aromatic carbocycles. The van der Waals surface area contributed by atoms with Gasteiger partial charge in [-0.25, -0.2) is 0 Å². The molecule has 0 bridgehead atoms. The Kier molecular flexibility index (Phi) is 8.79. The van der Waals surface area contributed by atoms with Crippen molar-refractivity contribution in [1.29, 1.82) is 0 Å². The highest BCUT2D eigenvalue weighted by Crippen LogP contribution is 2.42. The molecule has 0 atom stereocenters. The Morgan fingerprint density at radius 2 is 0.643 bits per heavy atom. The Morgan fingerprint density at radius 1 is 0.268 bits per heavy atom. The van der Waals surface area contributed by atoms with Crippen LogP contribution < -0.4 is 4.90 Å². The second kappa shape index (κ2) is 14.7.